The maximum Gasteiger partial charge on any atom is 0.243 e. The minimum Gasteiger partial charge on any atom is -0.497 e. The van der Waals surface area contributed by atoms with Crippen LogP contribution in [0.3, 0.4) is 0 Å². The summed E-state index contributed by atoms with van der Waals surface area (Å²) in [6.45, 7) is 1.10. The predicted molar refractivity (Wildman–Crippen MR) is 96.8 cm³/mol. The van der Waals surface area contributed by atoms with Crippen LogP contribution in [-0.4, -0.2) is 59.3 Å². The number of carbonyl (C=O) groups excluding carboxylic acids is 1. The number of nitrogens with zero attached hydrogens (tertiary/aromatic N) is 2. The Morgan fingerprint density at radius 3 is 2.28 bits per heavy atom. The lowest BCUT2D eigenvalue weighted by Crippen LogP contribution is -2.43. The number of amides is 1. The Hall–Kier alpha value is -1.96. The summed E-state index contributed by atoms with van der Waals surface area (Å²) in [5.74, 6) is 0.666. The number of anilines is 1. The number of hydrogen-bond donors (Lipinski definition) is 0. The van der Waals surface area contributed by atoms with E-state index in [9.17, 15) is 13.2 Å². The van der Waals surface area contributed by atoms with E-state index in [1.54, 1.807) is 23.1 Å². The zero-order chi connectivity index (χ0) is 18.4. The van der Waals surface area contributed by atoms with E-state index in [1.165, 1.54) is 14.2 Å². The molecule has 1 aromatic rings. The number of ether oxygens (including phenoxy) is 2. The second-order valence-electron chi connectivity index (χ2n) is 6.10. The molecule has 0 bridgehead atoms. The van der Waals surface area contributed by atoms with Crippen molar-refractivity contribution < 1.29 is 22.7 Å². The first-order valence-electron chi connectivity index (χ1n) is 8.34. The van der Waals surface area contributed by atoms with Crippen molar-refractivity contribution in [3.05, 3.63) is 18.2 Å². The van der Waals surface area contributed by atoms with Crippen molar-refractivity contribution in [1.29, 1.82) is 0 Å². The van der Waals surface area contributed by atoms with Crippen molar-refractivity contribution >= 4 is 21.6 Å². The topological polar surface area (TPSA) is 76.2 Å². The van der Waals surface area contributed by atoms with Crippen LogP contribution in [0.15, 0.2) is 18.2 Å². The highest BCUT2D eigenvalue weighted by Crippen LogP contribution is 2.33. The summed E-state index contributed by atoms with van der Waals surface area (Å²) in [6.07, 6.45) is 5.19. The van der Waals surface area contributed by atoms with Crippen LogP contribution < -0.4 is 13.8 Å². The normalized spacial score (nSPS) is 15.4. The number of rotatable bonds is 6. The summed E-state index contributed by atoms with van der Waals surface area (Å²) in [6, 6.07) is 4.87. The lowest BCUT2D eigenvalue weighted by atomic mass is 10.2. The molecule has 1 aliphatic rings. The molecule has 1 aliphatic heterocycles. The van der Waals surface area contributed by atoms with Crippen LogP contribution in [-0.2, 0) is 14.8 Å². The standard InChI is InChI=1S/C17H26N2O5S/c1-23-14-8-9-16(24-2)15(12-14)19(25(3,21)22)13-17(20)18-10-6-4-5-7-11-18/h8-9,12H,4-7,10-11,13H2,1-3H3. The molecule has 0 atom stereocenters. The summed E-state index contributed by atoms with van der Waals surface area (Å²) >= 11 is 0. The number of sulfonamides is 1. The van der Waals surface area contributed by atoms with Crippen LogP contribution in [0.1, 0.15) is 25.7 Å². The second-order valence-corrected chi connectivity index (χ2v) is 8.01. The summed E-state index contributed by atoms with van der Waals surface area (Å²) in [5.41, 5.74) is 0.299. The van der Waals surface area contributed by atoms with Crippen molar-refractivity contribution in [2.24, 2.45) is 0 Å². The minimum absolute atomic E-state index is 0.197. The van der Waals surface area contributed by atoms with E-state index in [0.29, 0.717) is 30.3 Å². The first-order chi connectivity index (χ1) is 11.9. The molecule has 0 N–H and O–H groups in total. The van der Waals surface area contributed by atoms with Gasteiger partial charge in [-0.2, -0.15) is 0 Å². The van der Waals surface area contributed by atoms with E-state index < -0.39 is 10.0 Å². The first kappa shape index (κ1) is 19.4. The number of likely N-dealkylation sites (tertiary alicyclic amines) is 1. The second kappa shape index (κ2) is 8.42. The van der Waals surface area contributed by atoms with Gasteiger partial charge in [0.1, 0.15) is 18.0 Å². The molecule has 0 spiro atoms. The molecule has 1 fully saturated rings. The van der Waals surface area contributed by atoms with E-state index >= 15 is 0 Å². The molecule has 1 heterocycles. The van der Waals surface area contributed by atoms with Gasteiger partial charge in [-0.1, -0.05) is 12.8 Å². The van der Waals surface area contributed by atoms with Gasteiger partial charge in [-0.3, -0.25) is 9.10 Å². The zero-order valence-corrected chi connectivity index (χ0v) is 15.8. The molecular weight excluding hydrogens is 344 g/mol. The van der Waals surface area contributed by atoms with Gasteiger partial charge in [0.05, 0.1) is 26.2 Å². The third-order valence-electron chi connectivity index (χ3n) is 4.29. The molecule has 2 rings (SSSR count). The monoisotopic (exact) mass is 370 g/mol. The van der Waals surface area contributed by atoms with E-state index in [0.717, 1.165) is 36.2 Å². The van der Waals surface area contributed by atoms with Crippen LogP contribution in [0, 0.1) is 0 Å². The molecule has 0 aromatic heterocycles. The molecular formula is C17H26N2O5S. The summed E-state index contributed by atoms with van der Waals surface area (Å²) in [4.78, 5) is 14.4. The molecule has 25 heavy (non-hydrogen) atoms. The van der Waals surface area contributed by atoms with Crippen LogP contribution in [0.4, 0.5) is 5.69 Å². The Morgan fingerprint density at radius 2 is 1.76 bits per heavy atom. The smallest absolute Gasteiger partial charge is 0.243 e. The van der Waals surface area contributed by atoms with E-state index in [-0.39, 0.29) is 12.5 Å². The minimum atomic E-state index is -3.67. The lowest BCUT2D eigenvalue weighted by molar-refractivity contribution is -0.129. The quantitative estimate of drug-likeness (QED) is 0.764. The summed E-state index contributed by atoms with van der Waals surface area (Å²) in [5, 5.41) is 0. The molecule has 0 aliphatic carbocycles. The Bertz CT molecular complexity index is 697. The Kier molecular flexibility index (Phi) is 6.52. The maximum atomic E-state index is 12.7. The van der Waals surface area contributed by atoms with Crippen molar-refractivity contribution in [3.63, 3.8) is 0 Å². The van der Waals surface area contributed by atoms with Gasteiger partial charge >= 0.3 is 0 Å². The van der Waals surface area contributed by atoms with Crippen LogP contribution in [0.5, 0.6) is 11.5 Å². The van der Waals surface area contributed by atoms with Gasteiger partial charge in [0.25, 0.3) is 0 Å². The highest BCUT2D eigenvalue weighted by molar-refractivity contribution is 7.92. The van der Waals surface area contributed by atoms with Gasteiger partial charge in [-0.05, 0) is 25.0 Å². The fourth-order valence-electron chi connectivity index (χ4n) is 2.92. The molecule has 1 amide bonds. The molecule has 140 valence electrons. The summed E-state index contributed by atoms with van der Waals surface area (Å²) in [7, 11) is -0.709. The van der Waals surface area contributed by atoms with Gasteiger partial charge in [-0.15, -0.1) is 0 Å². The number of benzene rings is 1. The third-order valence-corrected chi connectivity index (χ3v) is 5.42. The molecule has 0 saturated carbocycles. The van der Waals surface area contributed by atoms with Gasteiger partial charge in [0.15, 0.2) is 0 Å². The van der Waals surface area contributed by atoms with Gasteiger partial charge < -0.3 is 14.4 Å². The Labute approximate surface area is 149 Å². The third kappa shape index (κ3) is 5.01. The van der Waals surface area contributed by atoms with E-state index in [4.69, 9.17) is 9.47 Å². The van der Waals surface area contributed by atoms with Crippen LogP contribution >= 0.6 is 0 Å². The predicted octanol–water partition coefficient (Wildman–Crippen LogP) is 1.87. The lowest BCUT2D eigenvalue weighted by Gasteiger charge is -2.27. The molecule has 1 aromatic carbocycles. The molecule has 7 nitrogen and oxygen atoms in total. The largest absolute Gasteiger partial charge is 0.497 e. The van der Waals surface area contributed by atoms with Gasteiger partial charge in [0.2, 0.25) is 15.9 Å². The maximum absolute atomic E-state index is 12.7. The van der Waals surface area contributed by atoms with Crippen molar-refractivity contribution in [1.82, 2.24) is 4.90 Å². The van der Waals surface area contributed by atoms with Gasteiger partial charge in [0, 0.05) is 19.2 Å². The van der Waals surface area contributed by atoms with Gasteiger partial charge in [-0.25, -0.2) is 8.42 Å². The van der Waals surface area contributed by atoms with Crippen molar-refractivity contribution in [2.45, 2.75) is 25.7 Å². The van der Waals surface area contributed by atoms with Crippen LogP contribution in [0.25, 0.3) is 0 Å². The fourth-order valence-corrected chi connectivity index (χ4v) is 3.76. The fraction of sp³-hybridized carbons (Fsp3) is 0.588. The zero-order valence-electron chi connectivity index (χ0n) is 15.0. The number of carbonyl (C=O) groups is 1. The highest BCUT2D eigenvalue weighted by Gasteiger charge is 2.27. The van der Waals surface area contributed by atoms with E-state index in [1.807, 2.05) is 0 Å². The van der Waals surface area contributed by atoms with Crippen molar-refractivity contribution in [3.8, 4) is 11.5 Å². The van der Waals surface area contributed by atoms with E-state index in [2.05, 4.69) is 0 Å². The SMILES string of the molecule is COc1ccc(OC)c(N(CC(=O)N2CCCCCC2)S(C)(=O)=O)c1. The summed E-state index contributed by atoms with van der Waals surface area (Å²) < 4.78 is 36.2. The average molecular weight is 370 g/mol. The molecule has 1 saturated heterocycles. The average Bonchev–Trinajstić information content (AvgIpc) is 2.87. The Morgan fingerprint density at radius 1 is 1.12 bits per heavy atom. The molecule has 0 unspecified atom stereocenters. The Balaban J connectivity index is 2.32. The highest BCUT2D eigenvalue weighted by atomic mass is 32.2. The van der Waals surface area contributed by atoms with Crippen LogP contribution in [0.2, 0.25) is 0 Å². The number of methoxy groups -OCH3 is 2. The first-order valence-corrected chi connectivity index (χ1v) is 10.2. The number of hydrogen-bond acceptors (Lipinski definition) is 5. The molecule has 0 radical (unpaired) electrons. The van der Waals surface area contributed by atoms with Crippen molar-refractivity contribution in [2.75, 3.05) is 44.4 Å². The molecule has 8 heteroatoms.